The van der Waals surface area contributed by atoms with Crippen LogP contribution in [0.25, 0.3) is 10.9 Å². The first-order valence-electron chi connectivity index (χ1n) is 13.9. The highest BCUT2D eigenvalue weighted by Crippen LogP contribution is 2.36. The minimum Gasteiger partial charge on any atom is -0.489 e. The Labute approximate surface area is 248 Å². The monoisotopic (exact) mass is 611 g/mol. The number of hydrogen-bond donors (Lipinski definition) is 1. The molecule has 0 unspecified atom stereocenters. The van der Waals surface area contributed by atoms with E-state index < -0.39 is 44.1 Å². The SMILES string of the molecule is CC1CC1.O=C(NCc1cc2nc(N3CCOc4cccnc43)ccc2cn1)c1cc(F)c2c(c1)S(=O)(=O)[C@@H](F)CCO2.[HH]. The molecule has 7 rings (SSSR count). The maximum atomic E-state index is 14.6. The van der Waals surface area contributed by atoms with Crippen molar-refractivity contribution in [3.05, 3.63) is 71.9 Å². The van der Waals surface area contributed by atoms with Gasteiger partial charge in [0.2, 0.25) is 15.3 Å². The van der Waals surface area contributed by atoms with E-state index in [1.807, 2.05) is 23.1 Å². The summed E-state index contributed by atoms with van der Waals surface area (Å²) < 4.78 is 64.5. The van der Waals surface area contributed by atoms with Gasteiger partial charge in [0.15, 0.2) is 23.1 Å². The second kappa shape index (κ2) is 11.7. The average Bonchev–Trinajstić information content (AvgIpc) is 3.82. The normalized spacial score (nSPS) is 18.6. The lowest BCUT2D eigenvalue weighted by molar-refractivity contribution is 0.0949. The van der Waals surface area contributed by atoms with Crippen LogP contribution in [-0.2, 0) is 16.4 Å². The summed E-state index contributed by atoms with van der Waals surface area (Å²) >= 11 is 0. The Balaban J connectivity index is 0.000000712. The third kappa shape index (κ3) is 6.07. The third-order valence-corrected chi connectivity index (χ3v) is 9.10. The maximum absolute atomic E-state index is 14.6. The summed E-state index contributed by atoms with van der Waals surface area (Å²) in [5.74, 6) is 0.683. The van der Waals surface area contributed by atoms with E-state index in [9.17, 15) is 22.0 Å². The van der Waals surface area contributed by atoms with Crippen molar-refractivity contribution >= 4 is 38.3 Å². The van der Waals surface area contributed by atoms with Crippen molar-refractivity contribution in [3.8, 4) is 11.5 Å². The summed E-state index contributed by atoms with van der Waals surface area (Å²) in [6.07, 6.45) is 5.84. The molecule has 3 aliphatic rings. The van der Waals surface area contributed by atoms with Crippen LogP contribution in [0.3, 0.4) is 0 Å². The molecular formula is C30H31F2N5O5S. The number of fused-ring (bicyclic) bond motifs is 3. The van der Waals surface area contributed by atoms with Crippen LogP contribution in [0.5, 0.6) is 11.5 Å². The molecule has 13 heteroatoms. The number of benzene rings is 1. The Morgan fingerprint density at radius 1 is 1.12 bits per heavy atom. The van der Waals surface area contributed by atoms with Crippen molar-refractivity contribution in [2.45, 2.75) is 43.1 Å². The van der Waals surface area contributed by atoms with E-state index in [0.717, 1.165) is 23.4 Å². The van der Waals surface area contributed by atoms with Crippen LogP contribution in [0, 0.1) is 11.7 Å². The molecule has 1 amide bonds. The first kappa shape index (κ1) is 28.7. The van der Waals surface area contributed by atoms with Crippen molar-refractivity contribution in [3.63, 3.8) is 0 Å². The molecule has 2 aliphatic heterocycles. The highest BCUT2D eigenvalue weighted by atomic mass is 32.2. The minimum absolute atomic E-state index is 0. The van der Waals surface area contributed by atoms with E-state index in [4.69, 9.17) is 14.5 Å². The molecule has 4 aromatic rings. The Morgan fingerprint density at radius 2 is 1.93 bits per heavy atom. The van der Waals surface area contributed by atoms with Gasteiger partial charge in [-0.25, -0.2) is 27.2 Å². The van der Waals surface area contributed by atoms with Gasteiger partial charge in [0.25, 0.3) is 5.91 Å². The summed E-state index contributed by atoms with van der Waals surface area (Å²) in [4.78, 5) is 27.6. The van der Waals surface area contributed by atoms with Gasteiger partial charge in [-0.05, 0) is 48.4 Å². The Kier molecular flexibility index (Phi) is 7.82. The molecule has 3 aromatic heterocycles. The van der Waals surface area contributed by atoms with Gasteiger partial charge in [-0.1, -0.05) is 19.8 Å². The van der Waals surface area contributed by atoms with Gasteiger partial charge in [0.05, 0.1) is 30.9 Å². The van der Waals surface area contributed by atoms with Crippen LogP contribution in [0.1, 0.15) is 43.7 Å². The van der Waals surface area contributed by atoms with Gasteiger partial charge in [0, 0.05) is 31.2 Å². The lowest BCUT2D eigenvalue weighted by Crippen LogP contribution is -2.30. The molecule has 43 heavy (non-hydrogen) atoms. The van der Waals surface area contributed by atoms with Crippen LogP contribution in [0.2, 0.25) is 0 Å². The highest BCUT2D eigenvalue weighted by Gasteiger charge is 2.35. The van der Waals surface area contributed by atoms with Crippen molar-refractivity contribution in [1.29, 1.82) is 0 Å². The smallest absolute Gasteiger partial charge is 0.251 e. The Bertz CT molecular complexity index is 1810. The van der Waals surface area contributed by atoms with E-state index in [1.54, 1.807) is 24.5 Å². The third-order valence-electron chi connectivity index (χ3n) is 7.27. The molecule has 1 N–H and O–H groups in total. The number of carbonyl (C=O) groups is 1. The first-order valence-corrected chi connectivity index (χ1v) is 15.5. The van der Waals surface area contributed by atoms with E-state index in [-0.39, 0.29) is 20.1 Å². The molecule has 1 aromatic carbocycles. The van der Waals surface area contributed by atoms with Crippen LogP contribution >= 0.6 is 0 Å². The summed E-state index contributed by atoms with van der Waals surface area (Å²) in [6.45, 7) is 2.98. The van der Waals surface area contributed by atoms with Crippen LogP contribution in [0.15, 0.2) is 59.8 Å². The largest absolute Gasteiger partial charge is 0.489 e. The molecule has 226 valence electrons. The zero-order valence-corrected chi connectivity index (χ0v) is 24.1. The fourth-order valence-electron chi connectivity index (χ4n) is 4.60. The maximum Gasteiger partial charge on any atom is 0.251 e. The average molecular weight is 612 g/mol. The number of ether oxygens (including phenoxy) is 2. The number of nitrogens with zero attached hydrogens (tertiary/aromatic N) is 4. The van der Waals surface area contributed by atoms with Gasteiger partial charge in [-0.3, -0.25) is 9.78 Å². The van der Waals surface area contributed by atoms with E-state index in [2.05, 4.69) is 22.2 Å². The number of amides is 1. The second-order valence-electron chi connectivity index (χ2n) is 10.6. The molecule has 0 radical (unpaired) electrons. The van der Waals surface area contributed by atoms with E-state index in [1.165, 1.54) is 12.8 Å². The summed E-state index contributed by atoms with van der Waals surface area (Å²) in [5.41, 5.74) is -1.44. The predicted octanol–water partition coefficient (Wildman–Crippen LogP) is 5.14. The highest BCUT2D eigenvalue weighted by molar-refractivity contribution is 7.92. The standard InChI is InChI=1S/C26H21F2N5O5S.C4H8.H2/c27-18-10-16(11-21-24(18)38-8-5-22(28)39(21,35)36)26(34)31-14-17-12-19-15(13-30-17)3-4-23(32-19)33-7-9-37-20-2-1-6-29-25(20)33;1-4-2-3-4;/h1-4,6,10-13,22H,5,7-9,14H2,(H,31,34);4H,2-3H2,1H3;1H/t22-;;/m1../s1. The number of rotatable bonds is 4. The zero-order chi connectivity index (χ0) is 30.1. The van der Waals surface area contributed by atoms with Gasteiger partial charge >= 0.3 is 0 Å². The fraction of sp³-hybridized carbons (Fsp3) is 0.333. The Morgan fingerprint density at radius 3 is 2.72 bits per heavy atom. The van der Waals surface area contributed by atoms with Crippen molar-refractivity contribution in [1.82, 2.24) is 20.3 Å². The number of carbonyl (C=O) groups excluding carboxylic acids is 1. The zero-order valence-electron chi connectivity index (χ0n) is 23.3. The van der Waals surface area contributed by atoms with E-state index >= 15 is 0 Å². The molecule has 5 heterocycles. The number of halogens is 2. The van der Waals surface area contributed by atoms with Gasteiger partial charge < -0.3 is 19.7 Å². The van der Waals surface area contributed by atoms with Crippen molar-refractivity contribution in [2.75, 3.05) is 24.7 Å². The minimum atomic E-state index is -4.51. The number of alkyl halides is 1. The van der Waals surface area contributed by atoms with Crippen LogP contribution in [-0.4, -0.2) is 54.5 Å². The lowest BCUT2D eigenvalue weighted by Gasteiger charge is -2.29. The number of sulfone groups is 1. The van der Waals surface area contributed by atoms with Crippen molar-refractivity contribution < 1.29 is 32.9 Å². The summed E-state index contributed by atoms with van der Waals surface area (Å²) in [5, 5.41) is 3.38. The number of hydrogen-bond acceptors (Lipinski definition) is 9. The number of nitrogens with one attached hydrogen (secondary N) is 1. The first-order chi connectivity index (χ1) is 20.7. The van der Waals surface area contributed by atoms with Gasteiger partial charge in [-0.2, -0.15) is 0 Å². The second-order valence-corrected chi connectivity index (χ2v) is 12.6. The topological polar surface area (TPSA) is 124 Å². The summed E-state index contributed by atoms with van der Waals surface area (Å²) in [6, 6.07) is 10.9. The lowest BCUT2D eigenvalue weighted by atomic mass is 10.2. The molecular weight excluding hydrogens is 580 g/mol. The summed E-state index contributed by atoms with van der Waals surface area (Å²) in [7, 11) is -4.51. The van der Waals surface area contributed by atoms with E-state index in [0.29, 0.717) is 41.7 Å². The quantitative estimate of drug-likeness (QED) is 0.334. The molecule has 0 spiro atoms. The Hall–Kier alpha value is -4.39. The molecule has 1 fully saturated rings. The number of anilines is 2. The molecule has 1 atom stereocenters. The fourth-order valence-corrected chi connectivity index (χ4v) is 5.99. The number of pyridine rings is 3. The molecule has 1 saturated carbocycles. The molecule has 0 saturated heterocycles. The number of aromatic nitrogens is 3. The van der Waals surface area contributed by atoms with Gasteiger partial charge in [0.1, 0.15) is 17.3 Å². The predicted molar refractivity (Wildman–Crippen MR) is 157 cm³/mol. The van der Waals surface area contributed by atoms with Crippen LogP contribution in [0.4, 0.5) is 20.4 Å². The van der Waals surface area contributed by atoms with Gasteiger partial charge in [-0.15, -0.1) is 0 Å². The van der Waals surface area contributed by atoms with Crippen molar-refractivity contribution in [2.24, 2.45) is 5.92 Å². The molecule has 10 nitrogen and oxygen atoms in total. The van der Waals surface area contributed by atoms with Crippen LogP contribution < -0.4 is 19.7 Å². The molecule has 0 bridgehead atoms. The molecule has 1 aliphatic carbocycles.